The Kier molecular flexibility index (Phi) is 6.83. The van der Waals surface area contributed by atoms with Crippen LogP contribution in [0, 0.1) is 5.92 Å². The van der Waals surface area contributed by atoms with E-state index in [0.29, 0.717) is 5.92 Å². The van der Waals surface area contributed by atoms with Crippen molar-refractivity contribution in [1.29, 1.82) is 0 Å². The summed E-state index contributed by atoms with van der Waals surface area (Å²) in [6.45, 7) is 5.68. The third-order valence-electron chi connectivity index (χ3n) is 3.81. The third-order valence-corrected chi connectivity index (χ3v) is 3.81. The summed E-state index contributed by atoms with van der Waals surface area (Å²) in [7, 11) is 0. The molecule has 0 aliphatic carbocycles. The molecule has 0 saturated carbocycles. The highest BCUT2D eigenvalue weighted by Gasteiger charge is 2.11. The minimum absolute atomic E-state index is 0.274. The Bertz CT molecular complexity index is 416. The molecule has 2 rings (SSSR count). The molecule has 0 fully saturated rings. The number of hydrogen-bond acceptors (Lipinski definition) is 4. The number of aliphatic hydroxyl groups excluding tert-OH is 1. The van der Waals surface area contributed by atoms with Crippen molar-refractivity contribution in [2.24, 2.45) is 5.92 Å². The standard InChI is InChI=1S/C17H27NO3/c1-2-4-14(7-8-19)12-18-13-15-5-6-16-17(11-15)21-10-3-9-20-16/h5-6,11,14,18-19H,2-4,7-10,12-13H2,1H3. The quantitative estimate of drug-likeness (QED) is 0.774. The van der Waals surface area contributed by atoms with E-state index in [-0.39, 0.29) is 6.61 Å². The second-order valence-corrected chi connectivity index (χ2v) is 5.63. The largest absolute Gasteiger partial charge is 0.490 e. The van der Waals surface area contributed by atoms with Crippen LogP contribution in [0.2, 0.25) is 0 Å². The van der Waals surface area contributed by atoms with Crippen molar-refractivity contribution in [2.45, 2.75) is 39.2 Å². The van der Waals surface area contributed by atoms with Gasteiger partial charge in [-0.05, 0) is 43.0 Å². The van der Waals surface area contributed by atoms with Crippen molar-refractivity contribution in [1.82, 2.24) is 5.32 Å². The van der Waals surface area contributed by atoms with E-state index in [1.807, 2.05) is 6.07 Å². The Labute approximate surface area is 127 Å². The van der Waals surface area contributed by atoms with Crippen LogP contribution in [-0.2, 0) is 6.54 Å². The van der Waals surface area contributed by atoms with Crippen LogP contribution < -0.4 is 14.8 Å². The van der Waals surface area contributed by atoms with Crippen LogP contribution in [0.15, 0.2) is 18.2 Å². The Hall–Kier alpha value is -1.26. The van der Waals surface area contributed by atoms with Gasteiger partial charge in [0.1, 0.15) is 0 Å². The van der Waals surface area contributed by atoms with Crippen LogP contribution in [0.5, 0.6) is 11.5 Å². The van der Waals surface area contributed by atoms with Crippen molar-refractivity contribution in [3.05, 3.63) is 23.8 Å². The first-order valence-electron chi connectivity index (χ1n) is 8.03. The van der Waals surface area contributed by atoms with E-state index in [0.717, 1.165) is 63.5 Å². The summed E-state index contributed by atoms with van der Waals surface area (Å²) in [5, 5.41) is 12.6. The molecule has 0 bridgehead atoms. The van der Waals surface area contributed by atoms with Gasteiger partial charge >= 0.3 is 0 Å². The highest BCUT2D eigenvalue weighted by atomic mass is 16.5. The Morgan fingerprint density at radius 3 is 2.76 bits per heavy atom. The number of hydrogen-bond donors (Lipinski definition) is 2. The van der Waals surface area contributed by atoms with Crippen LogP contribution in [0.3, 0.4) is 0 Å². The Morgan fingerprint density at radius 1 is 1.19 bits per heavy atom. The molecule has 4 heteroatoms. The third kappa shape index (κ3) is 5.21. The molecule has 0 amide bonds. The molecule has 21 heavy (non-hydrogen) atoms. The predicted molar refractivity (Wildman–Crippen MR) is 83.9 cm³/mol. The highest BCUT2D eigenvalue weighted by Crippen LogP contribution is 2.30. The minimum atomic E-state index is 0.274. The van der Waals surface area contributed by atoms with Gasteiger partial charge in [-0.25, -0.2) is 0 Å². The normalized spacial score (nSPS) is 15.5. The first kappa shape index (κ1) is 16.1. The molecule has 0 aromatic heterocycles. The van der Waals surface area contributed by atoms with Gasteiger partial charge in [0.2, 0.25) is 0 Å². The smallest absolute Gasteiger partial charge is 0.161 e. The van der Waals surface area contributed by atoms with Crippen molar-refractivity contribution in [3.63, 3.8) is 0 Å². The zero-order valence-corrected chi connectivity index (χ0v) is 12.9. The fraction of sp³-hybridized carbons (Fsp3) is 0.647. The fourth-order valence-electron chi connectivity index (χ4n) is 2.68. The zero-order valence-electron chi connectivity index (χ0n) is 12.9. The second-order valence-electron chi connectivity index (χ2n) is 5.63. The van der Waals surface area contributed by atoms with Gasteiger partial charge in [0.25, 0.3) is 0 Å². The minimum Gasteiger partial charge on any atom is -0.490 e. The van der Waals surface area contributed by atoms with Gasteiger partial charge in [-0.1, -0.05) is 19.4 Å². The molecule has 1 aliphatic rings. The average molecular weight is 293 g/mol. The lowest BCUT2D eigenvalue weighted by Crippen LogP contribution is -2.23. The predicted octanol–water partition coefficient (Wildman–Crippen LogP) is 2.74. The van der Waals surface area contributed by atoms with E-state index in [9.17, 15) is 0 Å². The van der Waals surface area contributed by atoms with Crippen molar-refractivity contribution in [3.8, 4) is 11.5 Å². The molecule has 0 saturated heterocycles. The molecule has 0 radical (unpaired) electrons. The maximum absolute atomic E-state index is 9.08. The van der Waals surface area contributed by atoms with E-state index < -0.39 is 0 Å². The first-order chi connectivity index (χ1) is 10.3. The Balaban J connectivity index is 1.84. The number of fused-ring (bicyclic) bond motifs is 1. The van der Waals surface area contributed by atoms with E-state index in [1.165, 1.54) is 5.56 Å². The van der Waals surface area contributed by atoms with Gasteiger partial charge in [-0.15, -0.1) is 0 Å². The molecule has 0 spiro atoms. The summed E-state index contributed by atoms with van der Waals surface area (Å²) in [5.41, 5.74) is 1.21. The summed E-state index contributed by atoms with van der Waals surface area (Å²) in [4.78, 5) is 0. The molecule has 1 atom stereocenters. The molecule has 1 heterocycles. The van der Waals surface area contributed by atoms with Gasteiger partial charge < -0.3 is 19.9 Å². The highest BCUT2D eigenvalue weighted by molar-refractivity contribution is 5.43. The lowest BCUT2D eigenvalue weighted by Gasteiger charge is -2.16. The first-order valence-corrected chi connectivity index (χ1v) is 8.03. The van der Waals surface area contributed by atoms with Crippen molar-refractivity contribution < 1.29 is 14.6 Å². The maximum Gasteiger partial charge on any atom is 0.161 e. The van der Waals surface area contributed by atoms with Gasteiger partial charge in [0, 0.05) is 19.6 Å². The van der Waals surface area contributed by atoms with E-state index >= 15 is 0 Å². The van der Waals surface area contributed by atoms with Crippen LogP contribution >= 0.6 is 0 Å². The number of rotatable bonds is 8. The van der Waals surface area contributed by atoms with Crippen LogP contribution in [0.25, 0.3) is 0 Å². The molecule has 1 unspecified atom stereocenters. The van der Waals surface area contributed by atoms with Crippen LogP contribution in [-0.4, -0.2) is 31.5 Å². The molecule has 1 aliphatic heterocycles. The number of benzene rings is 1. The summed E-state index contributed by atoms with van der Waals surface area (Å²) in [5.74, 6) is 2.26. The summed E-state index contributed by atoms with van der Waals surface area (Å²) in [6, 6.07) is 6.14. The molecule has 4 nitrogen and oxygen atoms in total. The maximum atomic E-state index is 9.08. The topological polar surface area (TPSA) is 50.7 Å². The van der Waals surface area contributed by atoms with Gasteiger partial charge in [-0.2, -0.15) is 0 Å². The lowest BCUT2D eigenvalue weighted by molar-refractivity contribution is 0.248. The second kappa shape index (κ2) is 8.90. The fourth-order valence-corrected chi connectivity index (χ4v) is 2.68. The summed E-state index contributed by atoms with van der Waals surface area (Å²) in [6.07, 6.45) is 4.13. The SMILES string of the molecule is CCCC(CCO)CNCc1ccc2c(c1)OCCCO2. The summed E-state index contributed by atoms with van der Waals surface area (Å²) >= 11 is 0. The Morgan fingerprint density at radius 2 is 2.00 bits per heavy atom. The monoisotopic (exact) mass is 293 g/mol. The average Bonchev–Trinajstić information content (AvgIpc) is 2.72. The van der Waals surface area contributed by atoms with Crippen molar-refractivity contribution in [2.75, 3.05) is 26.4 Å². The van der Waals surface area contributed by atoms with E-state index in [2.05, 4.69) is 24.4 Å². The number of ether oxygens (including phenoxy) is 2. The van der Waals surface area contributed by atoms with Crippen molar-refractivity contribution >= 4 is 0 Å². The molecule has 118 valence electrons. The zero-order chi connectivity index (χ0) is 14.9. The molecular weight excluding hydrogens is 266 g/mol. The van der Waals surface area contributed by atoms with Crippen LogP contribution in [0.4, 0.5) is 0 Å². The van der Waals surface area contributed by atoms with Gasteiger partial charge in [0.05, 0.1) is 13.2 Å². The van der Waals surface area contributed by atoms with E-state index in [4.69, 9.17) is 14.6 Å². The molecular formula is C17H27NO3. The lowest BCUT2D eigenvalue weighted by atomic mass is 10.0. The van der Waals surface area contributed by atoms with Crippen LogP contribution in [0.1, 0.15) is 38.2 Å². The van der Waals surface area contributed by atoms with Gasteiger partial charge in [-0.3, -0.25) is 0 Å². The molecule has 2 N–H and O–H groups in total. The molecule has 1 aromatic rings. The number of aliphatic hydroxyl groups is 1. The van der Waals surface area contributed by atoms with Gasteiger partial charge in [0.15, 0.2) is 11.5 Å². The summed E-state index contributed by atoms with van der Waals surface area (Å²) < 4.78 is 11.3. The van der Waals surface area contributed by atoms with E-state index in [1.54, 1.807) is 0 Å². The number of nitrogens with one attached hydrogen (secondary N) is 1. The molecule has 1 aromatic carbocycles.